The van der Waals surface area contributed by atoms with E-state index in [1.165, 1.54) is 12.8 Å². The third-order valence-electron chi connectivity index (χ3n) is 3.58. The Hall–Kier alpha value is -0.870. The van der Waals surface area contributed by atoms with Crippen LogP contribution in [0.25, 0.3) is 0 Å². The summed E-state index contributed by atoms with van der Waals surface area (Å²) in [6, 6.07) is 0.194. The largest absolute Gasteiger partial charge is 0.461 e. The van der Waals surface area contributed by atoms with Crippen LogP contribution in [0.4, 0.5) is 0 Å². The van der Waals surface area contributed by atoms with E-state index < -0.39 is 0 Å². The van der Waals surface area contributed by atoms with Crippen molar-refractivity contribution in [2.24, 2.45) is 5.73 Å². The lowest BCUT2D eigenvalue weighted by Gasteiger charge is -2.30. The summed E-state index contributed by atoms with van der Waals surface area (Å²) < 4.78 is 5.46. The molecule has 0 aromatic heterocycles. The second-order valence-corrected chi connectivity index (χ2v) is 4.89. The third kappa shape index (κ3) is 3.54. The van der Waals surface area contributed by atoms with Gasteiger partial charge in [0.15, 0.2) is 0 Å². The number of esters is 1. The summed E-state index contributed by atoms with van der Waals surface area (Å²) in [5.74, 6) is -0.0920. The molecule has 0 aromatic rings. The number of hydrogen-bond acceptors (Lipinski definition) is 4. The SMILES string of the molecule is NCC1C=CCCN1CC(=O)OC1CCCC1. The normalized spacial score (nSPS) is 26.3. The van der Waals surface area contributed by atoms with Crippen molar-refractivity contribution >= 4 is 5.97 Å². The molecule has 0 aromatic carbocycles. The maximum absolute atomic E-state index is 11.8. The van der Waals surface area contributed by atoms with Gasteiger partial charge < -0.3 is 10.5 Å². The van der Waals surface area contributed by atoms with Crippen LogP contribution in [0.1, 0.15) is 32.1 Å². The van der Waals surface area contributed by atoms with E-state index in [1.54, 1.807) is 0 Å². The highest BCUT2D eigenvalue weighted by atomic mass is 16.5. The van der Waals surface area contributed by atoms with Crippen LogP contribution in [0.3, 0.4) is 0 Å². The van der Waals surface area contributed by atoms with E-state index in [0.29, 0.717) is 13.1 Å². The Morgan fingerprint density at radius 3 is 2.88 bits per heavy atom. The zero-order chi connectivity index (χ0) is 12.1. The lowest BCUT2D eigenvalue weighted by molar-refractivity contribution is -0.150. The summed E-state index contributed by atoms with van der Waals surface area (Å²) in [5, 5.41) is 0. The number of carbonyl (C=O) groups is 1. The number of carbonyl (C=O) groups excluding carboxylic acids is 1. The van der Waals surface area contributed by atoms with E-state index in [4.69, 9.17) is 10.5 Å². The van der Waals surface area contributed by atoms with Crippen LogP contribution < -0.4 is 5.73 Å². The molecule has 4 heteroatoms. The van der Waals surface area contributed by atoms with Gasteiger partial charge in [-0.15, -0.1) is 0 Å². The van der Waals surface area contributed by atoms with Gasteiger partial charge in [0.1, 0.15) is 6.10 Å². The molecule has 2 aliphatic rings. The highest BCUT2D eigenvalue weighted by Crippen LogP contribution is 2.21. The van der Waals surface area contributed by atoms with E-state index in [9.17, 15) is 4.79 Å². The molecule has 1 fully saturated rings. The highest BCUT2D eigenvalue weighted by molar-refractivity contribution is 5.72. The van der Waals surface area contributed by atoms with Crippen LogP contribution in [0.5, 0.6) is 0 Å². The van der Waals surface area contributed by atoms with Crippen molar-refractivity contribution in [3.63, 3.8) is 0 Å². The van der Waals surface area contributed by atoms with Gasteiger partial charge in [0.05, 0.1) is 6.54 Å². The van der Waals surface area contributed by atoms with Gasteiger partial charge in [-0.1, -0.05) is 12.2 Å². The summed E-state index contributed by atoms with van der Waals surface area (Å²) in [4.78, 5) is 13.9. The van der Waals surface area contributed by atoms with E-state index in [2.05, 4.69) is 17.1 Å². The molecule has 0 saturated heterocycles. The van der Waals surface area contributed by atoms with Crippen molar-refractivity contribution in [1.82, 2.24) is 4.90 Å². The Bertz CT molecular complexity index is 285. The van der Waals surface area contributed by atoms with Gasteiger partial charge in [-0.2, -0.15) is 0 Å². The van der Waals surface area contributed by atoms with Crippen LogP contribution in [0, 0.1) is 0 Å². The Morgan fingerprint density at radius 2 is 2.18 bits per heavy atom. The summed E-state index contributed by atoms with van der Waals surface area (Å²) in [6.45, 7) is 1.84. The zero-order valence-corrected chi connectivity index (χ0v) is 10.3. The average molecular weight is 238 g/mol. The molecule has 1 heterocycles. The van der Waals surface area contributed by atoms with Crippen LogP contribution in [0.15, 0.2) is 12.2 Å². The fourth-order valence-corrected chi connectivity index (χ4v) is 2.60. The first-order chi connectivity index (χ1) is 8.29. The minimum absolute atomic E-state index is 0.0920. The molecule has 1 aliphatic carbocycles. The minimum Gasteiger partial charge on any atom is -0.461 e. The van der Waals surface area contributed by atoms with Crippen molar-refractivity contribution in [2.75, 3.05) is 19.6 Å². The number of hydrogen-bond donors (Lipinski definition) is 1. The molecule has 1 saturated carbocycles. The fraction of sp³-hybridized carbons (Fsp3) is 0.769. The maximum atomic E-state index is 11.8. The molecule has 96 valence electrons. The van der Waals surface area contributed by atoms with Crippen molar-refractivity contribution < 1.29 is 9.53 Å². The van der Waals surface area contributed by atoms with E-state index in [-0.39, 0.29) is 18.1 Å². The smallest absolute Gasteiger partial charge is 0.320 e. The molecule has 0 radical (unpaired) electrons. The molecule has 2 N–H and O–H groups in total. The lowest BCUT2D eigenvalue weighted by Crippen LogP contribution is -2.45. The van der Waals surface area contributed by atoms with Gasteiger partial charge in [-0.05, 0) is 32.1 Å². The molecule has 0 spiro atoms. The second-order valence-electron chi connectivity index (χ2n) is 4.89. The van der Waals surface area contributed by atoms with Crippen molar-refractivity contribution in [1.29, 1.82) is 0 Å². The molecule has 4 nitrogen and oxygen atoms in total. The molecule has 1 unspecified atom stereocenters. The summed E-state index contributed by atoms with van der Waals surface area (Å²) >= 11 is 0. The minimum atomic E-state index is -0.0920. The molecule has 1 atom stereocenters. The van der Waals surface area contributed by atoms with Gasteiger partial charge >= 0.3 is 5.97 Å². The topological polar surface area (TPSA) is 55.6 Å². The molecule has 2 rings (SSSR count). The second kappa shape index (κ2) is 6.17. The van der Waals surface area contributed by atoms with Crippen LogP contribution in [-0.4, -0.2) is 42.6 Å². The quantitative estimate of drug-likeness (QED) is 0.588. The number of rotatable bonds is 4. The van der Waals surface area contributed by atoms with Crippen LogP contribution in [0.2, 0.25) is 0 Å². The lowest BCUT2D eigenvalue weighted by atomic mass is 10.1. The van der Waals surface area contributed by atoms with E-state index in [0.717, 1.165) is 25.8 Å². The molecule has 17 heavy (non-hydrogen) atoms. The van der Waals surface area contributed by atoms with Crippen molar-refractivity contribution in [3.8, 4) is 0 Å². The molecule has 0 bridgehead atoms. The number of ether oxygens (including phenoxy) is 1. The van der Waals surface area contributed by atoms with E-state index in [1.807, 2.05) is 0 Å². The van der Waals surface area contributed by atoms with Crippen LogP contribution >= 0.6 is 0 Å². The van der Waals surface area contributed by atoms with Crippen molar-refractivity contribution in [2.45, 2.75) is 44.2 Å². The molecule has 1 aliphatic heterocycles. The molecule has 0 amide bonds. The van der Waals surface area contributed by atoms with Crippen molar-refractivity contribution in [3.05, 3.63) is 12.2 Å². The molecular formula is C13H22N2O2. The number of nitrogens with two attached hydrogens (primary N) is 1. The van der Waals surface area contributed by atoms with Gasteiger partial charge in [0, 0.05) is 19.1 Å². The number of nitrogens with zero attached hydrogens (tertiary/aromatic N) is 1. The average Bonchev–Trinajstić information content (AvgIpc) is 2.82. The van der Waals surface area contributed by atoms with Gasteiger partial charge in [0.25, 0.3) is 0 Å². The monoisotopic (exact) mass is 238 g/mol. The summed E-state index contributed by atoms with van der Waals surface area (Å²) in [5.41, 5.74) is 5.69. The fourth-order valence-electron chi connectivity index (χ4n) is 2.60. The predicted molar refractivity (Wildman–Crippen MR) is 66.5 cm³/mol. The molecular weight excluding hydrogens is 216 g/mol. The maximum Gasteiger partial charge on any atom is 0.320 e. The Labute approximate surface area is 103 Å². The summed E-state index contributed by atoms with van der Waals surface area (Å²) in [7, 11) is 0. The van der Waals surface area contributed by atoms with Gasteiger partial charge in [-0.3, -0.25) is 9.69 Å². The van der Waals surface area contributed by atoms with Crippen LogP contribution in [-0.2, 0) is 9.53 Å². The Morgan fingerprint density at radius 1 is 1.41 bits per heavy atom. The highest BCUT2D eigenvalue weighted by Gasteiger charge is 2.23. The Balaban J connectivity index is 1.78. The predicted octanol–water partition coefficient (Wildman–Crippen LogP) is 1.06. The van der Waals surface area contributed by atoms with E-state index >= 15 is 0 Å². The summed E-state index contributed by atoms with van der Waals surface area (Å²) in [6.07, 6.45) is 9.83. The first-order valence-corrected chi connectivity index (χ1v) is 6.60. The van der Waals surface area contributed by atoms with Gasteiger partial charge in [0.2, 0.25) is 0 Å². The first-order valence-electron chi connectivity index (χ1n) is 6.60. The zero-order valence-electron chi connectivity index (χ0n) is 10.3. The first kappa shape index (κ1) is 12.6. The third-order valence-corrected chi connectivity index (χ3v) is 3.58. The standard InChI is InChI=1S/C13H22N2O2/c14-9-11-5-3-4-8-15(11)10-13(16)17-12-6-1-2-7-12/h3,5,11-12H,1-2,4,6-10,14H2. The van der Waals surface area contributed by atoms with Gasteiger partial charge in [-0.25, -0.2) is 0 Å². The Kier molecular flexibility index (Phi) is 4.57.